The Morgan fingerprint density at radius 1 is 1.08 bits per heavy atom. The highest BCUT2D eigenvalue weighted by molar-refractivity contribution is 5.92. The van der Waals surface area contributed by atoms with Gasteiger partial charge in [-0.25, -0.2) is 0 Å². The number of nitrogens with zero attached hydrogens (tertiary/aromatic N) is 2. The second-order valence-electron chi connectivity index (χ2n) is 6.67. The van der Waals surface area contributed by atoms with Gasteiger partial charge in [0.1, 0.15) is 0 Å². The van der Waals surface area contributed by atoms with Gasteiger partial charge in [0, 0.05) is 29.7 Å². The molecular weight excluding hydrogens is 292 g/mol. The van der Waals surface area contributed by atoms with Crippen LogP contribution in [0.15, 0.2) is 73.1 Å². The Morgan fingerprint density at radius 2 is 1.88 bits per heavy atom. The summed E-state index contributed by atoms with van der Waals surface area (Å²) in [6.07, 6.45) is 5.20. The summed E-state index contributed by atoms with van der Waals surface area (Å²) in [6.45, 7) is 6.37. The molecule has 120 valence electrons. The fourth-order valence-corrected chi connectivity index (χ4v) is 3.58. The van der Waals surface area contributed by atoms with Gasteiger partial charge in [-0.1, -0.05) is 54.6 Å². The lowest BCUT2D eigenvalue weighted by molar-refractivity contribution is 0.489. The van der Waals surface area contributed by atoms with E-state index < -0.39 is 0 Å². The second-order valence-corrected chi connectivity index (χ2v) is 6.67. The molecule has 1 aliphatic rings. The Labute approximate surface area is 143 Å². The van der Waals surface area contributed by atoms with Crippen molar-refractivity contribution in [2.75, 3.05) is 4.90 Å². The molecule has 0 spiro atoms. The van der Waals surface area contributed by atoms with Crippen molar-refractivity contribution in [3.63, 3.8) is 0 Å². The van der Waals surface area contributed by atoms with Crippen LogP contribution in [0.25, 0.3) is 10.9 Å². The molecule has 2 heteroatoms. The van der Waals surface area contributed by atoms with Gasteiger partial charge in [0.05, 0.1) is 11.2 Å². The van der Waals surface area contributed by atoms with Crippen molar-refractivity contribution in [3.8, 4) is 0 Å². The van der Waals surface area contributed by atoms with Crippen molar-refractivity contribution in [2.45, 2.75) is 32.2 Å². The quantitative estimate of drug-likeness (QED) is 0.652. The number of hydrogen-bond donors (Lipinski definition) is 0. The summed E-state index contributed by atoms with van der Waals surface area (Å²) in [6, 6.07) is 19.9. The first kappa shape index (κ1) is 14.9. The van der Waals surface area contributed by atoms with E-state index >= 15 is 0 Å². The summed E-state index contributed by atoms with van der Waals surface area (Å²) in [5.74, 6) is 0. The van der Waals surface area contributed by atoms with Crippen LogP contribution in [0.5, 0.6) is 0 Å². The molecule has 0 saturated carbocycles. The highest BCUT2D eigenvalue weighted by Gasteiger charge is 2.32. The molecule has 1 aliphatic heterocycles. The summed E-state index contributed by atoms with van der Waals surface area (Å²) >= 11 is 0. The van der Waals surface area contributed by atoms with E-state index in [9.17, 15) is 0 Å². The lowest BCUT2D eigenvalue weighted by Crippen LogP contribution is -2.45. The van der Waals surface area contributed by atoms with Crippen molar-refractivity contribution < 1.29 is 0 Å². The standard InChI is InChI=1S/C22H22N2/c1-16-8-10-18(11-9-16)12-13-20-15-17(2)24(20)21-7-3-5-19-6-4-14-23-22(19)21/h3-11,14,20H,2,12-13,15H2,1H3. The average molecular weight is 314 g/mol. The van der Waals surface area contributed by atoms with Crippen LogP contribution >= 0.6 is 0 Å². The Kier molecular flexibility index (Phi) is 3.81. The maximum absolute atomic E-state index is 4.60. The maximum Gasteiger partial charge on any atom is 0.0938 e. The zero-order chi connectivity index (χ0) is 16.5. The van der Waals surface area contributed by atoms with Gasteiger partial charge in [-0.3, -0.25) is 4.98 Å². The first-order valence-corrected chi connectivity index (χ1v) is 8.59. The minimum Gasteiger partial charge on any atom is -0.340 e. The predicted octanol–water partition coefficient (Wildman–Crippen LogP) is 5.27. The van der Waals surface area contributed by atoms with Crippen molar-refractivity contribution in [2.24, 2.45) is 0 Å². The molecule has 1 saturated heterocycles. The second kappa shape index (κ2) is 6.12. The minimum absolute atomic E-state index is 0.520. The fraction of sp³-hybridized carbons (Fsp3) is 0.227. The molecule has 2 heterocycles. The third kappa shape index (κ3) is 2.69. The minimum atomic E-state index is 0.520. The number of aromatic nitrogens is 1. The van der Waals surface area contributed by atoms with E-state index in [1.165, 1.54) is 27.9 Å². The maximum atomic E-state index is 4.60. The van der Waals surface area contributed by atoms with E-state index in [-0.39, 0.29) is 0 Å². The van der Waals surface area contributed by atoms with Gasteiger partial charge >= 0.3 is 0 Å². The van der Waals surface area contributed by atoms with Crippen molar-refractivity contribution >= 4 is 16.6 Å². The molecule has 0 aliphatic carbocycles. The third-order valence-corrected chi connectivity index (χ3v) is 4.93. The molecular formula is C22H22N2. The lowest BCUT2D eigenvalue weighted by Gasteiger charge is -2.45. The molecule has 4 rings (SSSR count). The zero-order valence-corrected chi connectivity index (χ0v) is 14.1. The summed E-state index contributed by atoms with van der Waals surface area (Å²) < 4.78 is 0. The van der Waals surface area contributed by atoms with E-state index in [4.69, 9.17) is 0 Å². The zero-order valence-electron chi connectivity index (χ0n) is 14.1. The normalized spacial score (nSPS) is 17.1. The van der Waals surface area contributed by atoms with Gasteiger partial charge < -0.3 is 4.90 Å². The number of pyridine rings is 1. The molecule has 24 heavy (non-hydrogen) atoms. The highest BCUT2D eigenvalue weighted by Crippen LogP contribution is 2.39. The number of aryl methyl sites for hydroxylation is 2. The summed E-state index contributed by atoms with van der Waals surface area (Å²) in [4.78, 5) is 6.98. The summed E-state index contributed by atoms with van der Waals surface area (Å²) in [5, 5.41) is 1.19. The number of anilines is 1. The molecule has 2 aromatic carbocycles. The molecule has 1 aromatic heterocycles. The predicted molar refractivity (Wildman–Crippen MR) is 101 cm³/mol. The van der Waals surface area contributed by atoms with Crippen LogP contribution in [-0.4, -0.2) is 11.0 Å². The third-order valence-electron chi connectivity index (χ3n) is 4.93. The molecule has 0 N–H and O–H groups in total. The van der Waals surface area contributed by atoms with Gasteiger partial charge in [-0.2, -0.15) is 0 Å². The van der Waals surface area contributed by atoms with E-state index in [2.05, 4.69) is 71.9 Å². The molecule has 1 fully saturated rings. The largest absolute Gasteiger partial charge is 0.340 e. The first-order valence-electron chi connectivity index (χ1n) is 8.59. The number of fused-ring (bicyclic) bond motifs is 1. The molecule has 0 amide bonds. The van der Waals surface area contributed by atoms with Crippen LogP contribution in [-0.2, 0) is 6.42 Å². The van der Waals surface area contributed by atoms with Crippen molar-refractivity contribution in [1.29, 1.82) is 0 Å². The topological polar surface area (TPSA) is 16.1 Å². The van der Waals surface area contributed by atoms with Crippen LogP contribution in [0, 0.1) is 6.92 Å². The van der Waals surface area contributed by atoms with Crippen LogP contribution in [0.4, 0.5) is 5.69 Å². The average Bonchev–Trinajstić information content (AvgIpc) is 2.60. The Hall–Kier alpha value is -2.61. The number of rotatable bonds is 4. The van der Waals surface area contributed by atoms with E-state index in [0.717, 1.165) is 24.8 Å². The molecule has 2 nitrogen and oxygen atoms in total. The van der Waals surface area contributed by atoms with E-state index in [1.807, 2.05) is 12.3 Å². The smallest absolute Gasteiger partial charge is 0.0938 e. The SMILES string of the molecule is C=C1CC(CCc2ccc(C)cc2)N1c1cccc2cccnc12. The van der Waals surface area contributed by atoms with Gasteiger partial charge in [0.25, 0.3) is 0 Å². The molecule has 1 atom stereocenters. The Morgan fingerprint density at radius 3 is 2.67 bits per heavy atom. The summed E-state index contributed by atoms with van der Waals surface area (Å²) in [7, 11) is 0. The lowest BCUT2D eigenvalue weighted by atomic mass is 9.91. The molecule has 0 bridgehead atoms. The van der Waals surface area contributed by atoms with Gasteiger partial charge in [0.2, 0.25) is 0 Å². The number of benzene rings is 2. The molecule has 0 radical (unpaired) electrons. The first-order chi connectivity index (χ1) is 11.7. The fourth-order valence-electron chi connectivity index (χ4n) is 3.58. The van der Waals surface area contributed by atoms with Crippen LogP contribution in [0.2, 0.25) is 0 Å². The van der Waals surface area contributed by atoms with E-state index in [0.29, 0.717) is 6.04 Å². The van der Waals surface area contributed by atoms with Gasteiger partial charge in [0.15, 0.2) is 0 Å². The summed E-state index contributed by atoms with van der Waals surface area (Å²) in [5.41, 5.74) is 6.19. The van der Waals surface area contributed by atoms with Gasteiger partial charge in [-0.05, 0) is 37.5 Å². The van der Waals surface area contributed by atoms with Crippen molar-refractivity contribution in [1.82, 2.24) is 4.98 Å². The van der Waals surface area contributed by atoms with Crippen LogP contribution < -0.4 is 4.90 Å². The van der Waals surface area contributed by atoms with E-state index in [1.54, 1.807) is 0 Å². The molecule has 1 unspecified atom stereocenters. The number of hydrogen-bond acceptors (Lipinski definition) is 2. The van der Waals surface area contributed by atoms with Crippen LogP contribution in [0.1, 0.15) is 24.0 Å². The molecule has 3 aromatic rings. The van der Waals surface area contributed by atoms with Crippen LogP contribution in [0.3, 0.4) is 0 Å². The highest BCUT2D eigenvalue weighted by atomic mass is 15.2. The Bertz CT molecular complexity index is 875. The monoisotopic (exact) mass is 314 g/mol. The Balaban J connectivity index is 1.55. The number of para-hydroxylation sites is 1. The van der Waals surface area contributed by atoms with Crippen molar-refractivity contribution in [3.05, 3.63) is 84.2 Å². The van der Waals surface area contributed by atoms with Gasteiger partial charge in [-0.15, -0.1) is 0 Å².